The molecule has 0 bridgehead atoms. The maximum atomic E-state index is 12.4. The molecule has 9 heteroatoms. The van der Waals surface area contributed by atoms with Gasteiger partial charge in [-0.25, -0.2) is 9.59 Å². The third-order valence-electron chi connectivity index (χ3n) is 4.70. The monoisotopic (exact) mass is 393 g/mol. The van der Waals surface area contributed by atoms with Gasteiger partial charge in [-0.3, -0.25) is 4.98 Å². The Balaban J connectivity index is 2.29. The summed E-state index contributed by atoms with van der Waals surface area (Å²) in [5, 5.41) is 2.93. The number of methoxy groups -OCH3 is 1. The smallest absolute Gasteiger partial charge is 0.409 e. The third kappa shape index (κ3) is 5.17. The zero-order chi connectivity index (χ0) is 21.1. The zero-order valence-corrected chi connectivity index (χ0v) is 17.4. The fourth-order valence-electron chi connectivity index (χ4n) is 3.66. The van der Waals surface area contributed by atoms with E-state index in [1.807, 2.05) is 13.0 Å². The van der Waals surface area contributed by atoms with Crippen LogP contribution in [0, 0.1) is 5.92 Å². The first-order chi connectivity index (χ1) is 13.0. The Bertz CT molecular complexity index is 706. The molecule has 0 saturated carbocycles. The second-order valence-electron chi connectivity index (χ2n) is 8.14. The maximum Gasteiger partial charge on any atom is 0.409 e. The number of alkyl carbamates (subject to hydrolysis) is 1. The minimum Gasteiger partial charge on any atom is -0.453 e. The molecule has 1 aromatic rings. The molecule has 1 saturated heterocycles. The fraction of sp³-hybridized carbons (Fsp3) is 0.632. The molecule has 9 nitrogen and oxygen atoms in total. The molecule has 0 aliphatic carbocycles. The molecule has 2 amide bonds. The quantitative estimate of drug-likeness (QED) is 0.809. The van der Waals surface area contributed by atoms with Gasteiger partial charge in [0.25, 0.3) is 0 Å². The molecule has 1 fully saturated rings. The lowest BCUT2D eigenvalue weighted by Crippen LogP contribution is -2.64. The first-order valence-electron chi connectivity index (χ1n) is 9.28. The van der Waals surface area contributed by atoms with Crippen LogP contribution in [0.4, 0.5) is 21.0 Å². The van der Waals surface area contributed by atoms with E-state index in [9.17, 15) is 9.59 Å². The minimum absolute atomic E-state index is 0.0327. The fourth-order valence-corrected chi connectivity index (χ4v) is 3.66. The van der Waals surface area contributed by atoms with E-state index < -0.39 is 17.8 Å². The van der Waals surface area contributed by atoms with Gasteiger partial charge in [0.15, 0.2) is 0 Å². The number of likely N-dealkylation sites (N-methyl/N-ethyl adjacent to an activating group) is 1. The van der Waals surface area contributed by atoms with Crippen LogP contribution in [0.3, 0.4) is 0 Å². The molecule has 1 aromatic heterocycles. The highest BCUT2D eigenvalue weighted by Crippen LogP contribution is 2.29. The topological polar surface area (TPSA) is 110 Å². The molecular formula is C19H31N5O4. The zero-order valence-electron chi connectivity index (χ0n) is 17.4. The SMILES string of the molecule is COC(=O)N(C)C1C(C)CN(c2ccncc2N)CC1NC(=O)OC(C)(C)C. The Morgan fingerprint density at radius 2 is 2.04 bits per heavy atom. The van der Waals surface area contributed by atoms with Crippen molar-refractivity contribution in [2.75, 3.05) is 37.9 Å². The van der Waals surface area contributed by atoms with Crippen LogP contribution in [0.25, 0.3) is 0 Å². The Hall–Kier alpha value is -2.71. The number of rotatable bonds is 3. The first-order valence-corrected chi connectivity index (χ1v) is 9.28. The average molecular weight is 393 g/mol. The lowest BCUT2D eigenvalue weighted by molar-refractivity contribution is 0.0412. The van der Waals surface area contributed by atoms with Gasteiger partial charge in [0.05, 0.1) is 36.8 Å². The summed E-state index contributed by atoms with van der Waals surface area (Å²) in [4.78, 5) is 32.2. The second kappa shape index (κ2) is 8.53. The Morgan fingerprint density at radius 1 is 1.36 bits per heavy atom. The van der Waals surface area contributed by atoms with Crippen LogP contribution in [0.1, 0.15) is 27.7 Å². The molecule has 0 radical (unpaired) electrons. The molecular weight excluding hydrogens is 362 g/mol. The van der Waals surface area contributed by atoms with Gasteiger partial charge in [-0.05, 0) is 32.8 Å². The molecule has 1 aliphatic heterocycles. The number of piperidine rings is 1. The first kappa shape index (κ1) is 21.6. The van der Waals surface area contributed by atoms with Crippen LogP contribution in [-0.2, 0) is 9.47 Å². The van der Waals surface area contributed by atoms with Crippen LogP contribution < -0.4 is 16.0 Å². The van der Waals surface area contributed by atoms with Crippen molar-refractivity contribution in [2.24, 2.45) is 5.92 Å². The van der Waals surface area contributed by atoms with Crippen LogP contribution in [0.15, 0.2) is 18.5 Å². The number of hydrogen-bond acceptors (Lipinski definition) is 7. The largest absolute Gasteiger partial charge is 0.453 e. The maximum absolute atomic E-state index is 12.4. The van der Waals surface area contributed by atoms with Crippen molar-refractivity contribution in [3.63, 3.8) is 0 Å². The number of nitrogens with one attached hydrogen (secondary N) is 1. The van der Waals surface area contributed by atoms with Crippen LogP contribution in [-0.4, -0.2) is 67.0 Å². The van der Waals surface area contributed by atoms with E-state index in [-0.39, 0.29) is 18.0 Å². The molecule has 28 heavy (non-hydrogen) atoms. The Labute approximate surface area is 166 Å². The van der Waals surface area contributed by atoms with Gasteiger partial charge < -0.3 is 30.3 Å². The predicted octanol–water partition coefficient (Wildman–Crippen LogP) is 2.08. The van der Waals surface area contributed by atoms with Crippen LogP contribution >= 0.6 is 0 Å². The lowest BCUT2D eigenvalue weighted by atomic mass is 9.88. The number of hydrogen-bond donors (Lipinski definition) is 2. The highest BCUT2D eigenvalue weighted by atomic mass is 16.6. The molecule has 3 N–H and O–H groups in total. The van der Waals surface area contributed by atoms with Gasteiger partial charge in [0, 0.05) is 26.3 Å². The number of nitrogens with two attached hydrogens (primary N) is 1. The van der Waals surface area contributed by atoms with Gasteiger partial charge in [-0.2, -0.15) is 0 Å². The summed E-state index contributed by atoms with van der Waals surface area (Å²) in [5.74, 6) is 0.0327. The van der Waals surface area contributed by atoms with Crippen molar-refractivity contribution in [1.82, 2.24) is 15.2 Å². The summed E-state index contributed by atoms with van der Waals surface area (Å²) in [6, 6.07) is 1.20. The third-order valence-corrected chi connectivity index (χ3v) is 4.70. The molecule has 2 heterocycles. The van der Waals surface area contributed by atoms with Gasteiger partial charge in [-0.15, -0.1) is 0 Å². The van der Waals surface area contributed by atoms with Crippen molar-refractivity contribution >= 4 is 23.6 Å². The molecule has 3 atom stereocenters. The molecule has 0 spiro atoms. The number of carbonyl (C=O) groups excluding carboxylic acids is 2. The molecule has 2 rings (SSSR count). The van der Waals surface area contributed by atoms with Gasteiger partial charge in [0.1, 0.15) is 5.60 Å². The van der Waals surface area contributed by atoms with Crippen LogP contribution in [0.5, 0.6) is 0 Å². The summed E-state index contributed by atoms with van der Waals surface area (Å²) >= 11 is 0. The summed E-state index contributed by atoms with van der Waals surface area (Å²) in [7, 11) is 3.01. The van der Waals surface area contributed by atoms with E-state index in [2.05, 4.69) is 15.2 Å². The van der Waals surface area contributed by atoms with Crippen LogP contribution in [0.2, 0.25) is 0 Å². The number of anilines is 2. The van der Waals surface area contributed by atoms with E-state index in [1.54, 1.807) is 40.2 Å². The molecule has 3 unspecified atom stereocenters. The summed E-state index contributed by atoms with van der Waals surface area (Å²) in [6.45, 7) is 8.56. The number of aromatic nitrogens is 1. The van der Waals surface area contributed by atoms with E-state index in [4.69, 9.17) is 15.2 Å². The lowest BCUT2D eigenvalue weighted by Gasteiger charge is -2.46. The van der Waals surface area contributed by atoms with Gasteiger partial charge >= 0.3 is 12.2 Å². The average Bonchev–Trinajstić information content (AvgIpc) is 2.58. The van der Waals surface area contributed by atoms with Crippen molar-refractivity contribution in [2.45, 2.75) is 45.4 Å². The molecule has 1 aliphatic rings. The number of nitrogens with zero attached hydrogens (tertiary/aromatic N) is 3. The Kier molecular flexibility index (Phi) is 6.58. The number of pyridine rings is 1. The number of nitrogen functional groups attached to an aromatic ring is 1. The van der Waals surface area contributed by atoms with Crippen molar-refractivity contribution in [1.29, 1.82) is 0 Å². The summed E-state index contributed by atoms with van der Waals surface area (Å²) in [5.41, 5.74) is 6.87. The van der Waals surface area contributed by atoms with E-state index >= 15 is 0 Å². The predicted molar refractivity (Wildman–Crippen MR) is 107 cm³/mol. The molecule has 156 valence electrons. The van der Waals surface area contributed by atoms with Crippen molar-refractivity contribution < 1.29 is 19.1 Å². The van der Waals surface area contributed by atoms with E-state index in [0.29, 0.717) is 18.8 Å². The van der Waals surface area contributed by atoms with Crippen molar-refractivity contribution in [3.8, 4) is 0 Å². The highest BCUT2D eigenvalue weighted by molar-refractivity contribution is 5.71. The molecule has 0 aromatic carbocycles. The Morgan fingerprint density at radius 3 is 2.61 bits per heavy atom. The standard InChI is InChI=1S/C19H31N5O4/c1-12-10-24(15-7-8-21-9-13(15)20)11-14(16(12)23(5)18(26)27-6)22-17(25)28-19(2,3)4/h7-9,12,14,16H,10-11,20H2,1-6H3,(H,22,25). The minimum atomic E-state index is -0.622. The van der Waals surface area contributed by atoms with Gasteiger partial charge in [-0.1, -0.05) is 6.92 Å². The van der Waals surface area contributed by atoms with E-state index in [1.165, 1.54) is 12.0 Å². The summed E-state index contributed by atoms with van der Waals surface area (Å²) < 4.78 is 10.3. The number of amides is 2. The van der Waals surface area contributed by atoms with Crippen molar-refractivity contribution in [3.05, 3.63) is 18.5 Å². The van der Waals surface area contributed by atoms with Gasteiger partial charge in [0.2, 0.25) is 0 Å². The highest BCUT2D eigenvalue weighted by Gasteiger charge is 2.41. The number of carbonyl (C=O) groups is 2. The second-order valence-corrected chi connectivity index (χ2v) is 8.14. The summed E-state index contributed by atoms with van der Waals surface area (Å²) in [6.07, 6.45) is 2.30. The van der Waals surface area contributed by atoms with E-state index in [0.717, 1.165) is 5.69 Å². The normalized spacial score (nSPS) is 22.4. The number of ether oxygens (including phenoxy) is 2.